The van der Waals surface area contributed by atoms with Crippen molar-refractivity contribution in [3.63, 3.8) is 0 Å². The molecular formula is C15H23NO4S. The number of benzene rings is 1. The van der Waals surface area contributed by atoms with Gasteiger partial charge in [-0.25, -0.2) is 13.1 Å². The summed E-state index contributed by atoms with van der Waals surface area (Å²) in [6.45, 7) is 4.52. The molecule has 0 saturated carbocycles. The van der Waals surface area contributed by atoms with Gasteiger partial charge in [0.15, 0.2) is 0 Å². The first-order chi connectivity index (χ1) is 9.89. The van der Waals surface area contributed by atoms with Crippen molar-refractivity contribution in [3.8, 4) is 0 Å². The lowest BCUT2D eigenvalue weighted by molar-refractivity contribution is -0.136. The van der Waals surface area contributed by atoms with Gasteiger partial charge in [0.2, 0.25) is 10.0 Å². The highest BCUT2D eigenvalue weighted by atomic mass is 32.2. The number of carbonyl (C=O) groups is 1. The lowest BCUT2D eigenvalue weighted by atomic mass is 10.0. The summed E-state index contributed by atoms with van der Waals surface area (Å²) in [5, 5.41) is 8.62. The Morgan fingerprint density at radius 3 is 2.24 bits per heavy atom. The zero-order valence-electron chi connectivity index (χ0n) is 12.5. The molecule has 0 bridgehead atoms. The van der Waals surface area contributed by atoms with Gasteiger partial charge in [0.25, 0.3) is 0 Å². The Morgan fingerprint density at radius 2 is 1.76 bits per heavy atom. The number of hydrogen-bond donors (Lipinski definition) is 2. The van der Waals surface area contributed by atoms with Gasteiger partial charge in [-0.2, -0.15) is 0 Å². The molecule has 0 saturated heterocycles. The van der Waals surface area contributed by atoms with E-state index in [0.717, 1.165) is 18.4 Å². The highest BCUT2D eigenvalue weighted by Gasteiger charge is 2.15. The summed E-state index contributed by atoms with van der Waals surface area (Å²) in [6, 6.07) is 6.36. The van der Waals surface area contributed by atoms with E-state index in [1.165, 1.54) is 12.1 Å². The zero-order valence-corrected chi connectivity index (χ0v) is 13.3. The zero-order chi connectivity index (χ0) is 15.9. The second kappa shape index (κ2) is 8.14. The van der Waals surface area contributed by atoms with Crippen molar-refractivity contribution >= 4 is 16.0 Å². The summed E-state index contributed by atoms with van der Waals surface area (Å²) in [5.74, 6) is -0.520. The first kappa shape index (κ1) is 17.7. The molecule has 0 atom stereocenters. The third kappa shape index (κ3) is 5.85. The fourth-order valence-corrected chi connectivity index (χ4v) is 3.09. The van der Waals surface area contributed by atoms with Crippen LogP contribution in [0, 0.1) is 5.92 Å². The van der Waals surface area contributed by atoms with Crippen LogP contribution in [0.4, 0.5) is 0 Å². The minimum Gasteiger partial charge on any atom is -0.481 e. The molecule has 0 heterocycles. The summed E-state index contributed by atoms with van der Waals surface area (Å²) in [5.41, 5.74) is 0.816. The molecule has 2 N–H and O–H groups in total. The van der Waals surface area contributed by atoms with E-state index >= 15 is 0 Å². The first-order valence-corrected chi connectivity index (χ1v) is 8.67. The molecule has 1 aromatic carbocycles. The van der Waals surface area contributed by atoms with Gasteiger partial charge >= 0.3 is 5.97 Å². The van der Waals surface area contributed by atoms with Gasteiger partial charge in [-0.3, -0.25) is 4.79 Å². The fourth-order valence-electron chi connectivity index (χ4n) is 1.97. The van der Waals surface area contributed by atoms with Crippen LogP contribution in [-0.2, 0) is 21.2 Å². The Balaban J connectivity index is 2.68. The van der Waals surface area contributed by atoms with Crippen LogP contribution in [-0.4, -0.2) is 26.0 Å². The molecule has 1 rings (SSSR count). The number of rotatable bonds is 9. The number of aliphatic carboxylic acids is 1. The van der Waals surface area contributed by atoms with Gasteiger partial charge in [-0.1, -0.05) is 38.8 Å². The summed E-state index contributed by atoms with van der Waals surface area (Å²) < 4.78 is 26.9. The van der Waals surface area contributed by atoms with Crippen LogP contribution in [0.2, 0.25) is 0 Å². The van der Waals surface area contributed by atoms with Crippen LogP contribution in [0.5, 0.6) is 0 Å². The molecule has 0 aliphatic carbocycles. The van der Waals surface area contributed by atoms with Crippen LogP contribution < -0.4 is 4.72 Å². The van der Waals surface area contributed by atoms with Crippen molar-refractivity contribution < 1.29 is 18.3 Å². The molecule has 0 unspecified atom stereocenters. The Labute approximate surface area is 126 Å². The van der Waals surface area contributed by atoms with Crippen molar-refractivity contribution in [2.45, 2.75) is 44.4 Å². The van der Waals surface area contributed by atoms with Crippen LogP contribution in [0.25, 0.3) is 0 Å². The third-order valence-corrected chi connectivity index (χ3v) is 5.02. The number of aryl methyl sites for hydroxylation is 1. The fraction of sp³-hybridized carbons (Fsp3) is 0.533. The highest BCUT2D eigenvalue weighted by molar-refractivity contribution is 7.89. The van der Waals surface area contributed by atoms with Gasteiger partial charge in [-0.05, 0) is 30.0 Å². The average molecular weight is 313 g/mol. The van der Waals surface area contributed by atoms with E-state index in [0.29, 0.717) is 18.9 Å². The average Bonchev–Trinajstić information content (AvgIpc) is 2.46. The normalized spacial score (nSPS) is 11.8. The predicted octanol–water partition coefficient (Wildman–Crippen LogP) is 2.42. The van der Waals surface area contributed by atoms with E-state index in [9.17, 15) is 13.2 Å². The van der Waals surface area contributed by atoms with Crippen molar-refractivity contribution in [3.05, 3.63) is 29.8 Å². The molecule has 0 aliphatic rings. The van der Waals surface area contributed by atoms with Gasteiger partial charge in [0.05, 0.1) is 4.90 Å². The van der Waals surface area contributed by atoms with Crippen LogP contribution in [0.1, 0.15) is 38.7 Å². The quantitative estimate of drug-likeness (QED) is 0.733. The van der Waals surface area contributed by atoms with Gasteiger partial charge in [0.1, 0.15) is 0 Å². The molecular weight excluding hydrogens is 290 g/mol. The summed E-state index contributed by atoms with van der Waals surface area (Å²) in [6.07, 6.45) is 2.32. The maximum absolute atomic E-state index is 12.1. The topological polar surface area (TPSA) is 83.5 Å². The Bertz CT molecular complexity index is 548. The van der Waals surface area contributed by atoms with Crippen molar-refractivity contribution in [2.75, 3.05) is 6.54 Å². The van der Waals surface area contributed by atoms with Crippen LogP contribution >= 0.6 is 0 Å². The van der Waals surface area contributed by atoms with E-state index in [1.54, 1.807) is 12.1 Å². The van der Waals surface area contributed by atoms with E-state index in [-0.39, 0.29) is 11.3 Å². The molecule has 0 aliphatic heterocycles. The largest absolute Gasteiger partial charge is 0.481 e. The molecule has 0 spiro atoms. The van der Waals surface area contributed by atoms with E-state index in [4.69, 9.17) is 5.11 Å². The van der Waals surface area contributed by atoms with E-state index in [1.807, 2.05) is 13.8 Å². The van der Waals surface area contributed by atoms with Gasteiger partial charge in [0, 0.05) is 13.0 Å². The molecule has 0 fully saturated rings. The SMILES string of the molecule is CCC(CC)CNS(=O)(=O)c1ccc(CCC(=O)O)cc1. The third-order valence-electron chi connectivity index (χ3n) is 3.58. The summed E-state index contributed by atoms with van der Waals surface area (Å²) in [4.78, 5) is 10.7. The summed E-state index contributed by atoms with van der Waals surface area (Å²) >= 11 is 0. The first-order valence-electron chi connectivity index (χ1n) is 7.19. The predicted molar refractivity (Wildman–Crippen MR) is 81.7 cm³/mol. The summed E-state index contributed by atoms with van der Waals surface area (Å²) in [7, 11) is -3.49. The Kier molecular flexibility index (Phi) is 6.84. The molecule has 0 aromatic heterocycles. The smallest absolute Gasteiger partial charge is 0.303 e. The number of hydrogen-bond acceptors (Lipinski definition) is 3. The van der Waals surface area contributed by atoms with Crippen molar-refractivity contribution in [1.29, 1.82) is 0 Å². The minimum atomic E-state index is -3.49. The number of sulfonamides is 1. The maximum Gasteiger partial charge on any atom is 0.303 e. The monoisotopic (exact) mass is 313 g/mol. The second-order valence-corrected chi connectivity index (χ2v) is 6.84. The van der Waals surface area contributed by atoms with Crippen molar-refractivity contribution in [1.82, 2.24) is 4.72 Å². The molecule has 118 valence electrons. The van der Waals surface area contributed by atoms with Gasteiger partial charge < -0.3 is 5.11 Å². The number of carboxylic acid groups (broad SMARTS) is 1. The highest BCUT2D eigenvalue weighted by Crippen LogP contribution is 2.13. The van der Waals surface area contributed by atoms with Crippen LogP contribution in [0.3, 0.4) is 0 Å². The van der Waals surface area contributed by atoms with E-state index < -0.39 is 16.0 Å². The molecule has 1 aromatic rings. The molecule has 0 radical (unpaired) electrons. The molecule has 0 amide bonds. The van der Waals surface area contributed by atoms with Crippen molar-refractivity contribution in [2.24, 2.45) is 5.92 Å². The Hall–Kier alpha value is -1.40. The second-order valence-electron chi connectivity index (χ2n) is 5.07. The Morgan fingerprint density at radius 1 is 1.19 bits per heavy atom. The number of carboxylic acids is 1. The lowest BCUT2D eigenvalue weighted by Gasteiger charge is -2.13. The molecule has 21 heavy (non-hydrogen) atoms. The molecule has 6 heteroatoms. The van der Waals surface area contributed by atoms with Gasteiger partial charge in [-0.15, -0.1) is 0 Å². The number of nitrogens with one attached hydrogen (secondary N) is 1. The molecule has 5 nitrogen and oxygen atoms in total. The lowest BCUT2D eigenvalue weighted by Crippen LogP contribution is -2.29. The van der Waals surface area contributed by atoms with E-state index in [2.05, 4.69) is 4.72 Å². The van der Waals surface area contributed by atoms with Crippen LogP contribution in [0.15, 0.2) is 29.2 Å². The maximum atomic E-state index is 12.1. The standard InChI is InChI=1S/C15H23NO4S/c1-3-12(4-2)11-16-21(19,20)14-8-5-13(6-9-14)7-10-15(17)18/h5-6,8-9,12,16H,3-4,7,10-11H2,1-2H3,(H,17,18). The minimum absolute atomic E-state index is 0.0407.